The highest BCUT2D eigenvalue weighted by molar-refractivity contribution is 8.26. The van der Waals surface area contributed by atoms with E-state index in [-0.39, 0.29) is 34.4 Å². The number of hydrogen-bond donors (Lipinski definition) is 1. The Bertz CT molecular complexity index is 430. The summed E-state index contributed by atoms with van der Waals surface area (Å²) in [5.74, 6) is -1.24. The molecule has 2 unspecified atom stereocenters. The molecule has 1 rings (SSSR count). The van der Waals surface area contributed by atoms with Crippen LogP contribution in [0.3, 0.4) is 0 Å². The third-order valence-electron chi connectivity index (χ3n) is 3.01. The van der Waals surface area contributed by atoms with Gasteiger partial charge in [-0.15, -0.1) is 0 Å². The van der Waals surface area contributed by atoms with Crippen LogP contribution in [0.25, 0.3) is 0 Å². The molecule has 5 nitrogen and oxygen atoms in total. The highest BCUT2D eigenvalue weighted by Crippen LogP contribution is 2.50. The van der Waals surface area contributed by atoms with Gasteiger partial charge in [-0.25, -0.2) is 4.79 Å². The normalized spacial score (nSPS) is 22.4. The number of carboxylic acid groups (broad SMARTS) is 1. The molecule has 7 heteroatoms. The first kappa shape index (κ1) is 18.5. The van der Waals surface area contributed by atoms with E-state index in [9.17, 15) is 14.7 Å². The van der Waals surface area contributed by atoms with Crippen LogP contribution in [-0.2, 0) is 9.59 Å². The van der Waals surface area contributed by atoms with E-state index >= 15 is 0 Å². The van der Waals surface area contributed by atoms with Crippen molar-refractivity contribution in [1.82, 2.24) is 9.80 Å². The Labute approximate surface area is 135 Å². The minimum atomic E-state index is -1.12. The maximum atomic E-state index is 12.2. The van der Waals surface area contributed by atoms with Crippen molar-refractivity contribution in [3.8, 4) is 0 Å². The molecule has 0 aromatic rings. The number of nitrogens with zero attached hydrogens (tertiary/aromatic N) is 2. The van der Waals surface area contributed by atoms with Crippen LogP contribution in [0.2, 0.25) is 0 Å². The number of carboxylic acids is 1. The molecule has 1 fully saturated rings. The number of rotatable bonds is 6. The summed E-state index contributed by atoms with van der Waals surface area (Å²) in [6, 6.07) is 0. The van der Waals surface area contributed by atoms with Crippen LogP contribution in [-0.4, -0.2) is 65.6 Å². The van der Waals surface area contributed by atoms with Crippen LogP contribution < -0.4 is 0 Å². The van der Waals surface area contributed by atoms with Crippen molar-refractivity contribution < 1.29 is 14.7 Å². The van der Waals surface area contributed by atoms with Gasteiger partial charge in [-0.3, -0.25) is 14.6 Å². The summed E-state index contributed by atoms with van der Waals surface area (Å²) in [5, 5.41) is 9.69. The largest absolute Gasteiger partial charge is 0.478 e. The average molecular weight is 332 g/mol. The first-order valence-corrected chi connectivity index (χ1v) is 8.58. The third-order valence-corrected chi connectivity index (χ3v) is 6.44. The number of carbonyl (C=O) groups is 2. The van der Waals surface area contributed by atoms with Gasteiger partial charge in [0.1, 0.15) is 5.57 Å². The fourth-order valence-corrected chi connectivity index (χ4v) is 5.36. The highest BCUT2D eigenvalue weighted by atomic mass is 32.2. The molecular weight excluding hydrogens is 308 g/mol. The summed E-state index contributed by atoms with van der Waals surface area (Å²) in [5.41, 5.74) is -0.0464. The summed E-state index contributed by atoms with van der Waals surface area (Å²) in [6.45, 7) is 3.84. The summed E-state index contributed by atoms with van der Waals surface area (Å²) in [4.78, 5) is 27.9. The van der Waals surface area contributed by atoms with Crippen molar-refractivity contribution in [2.45, 2.75) is 31.0 Å². The number of thioether (sulfide) groups is 2. The molecule has 0 bridgehead atoms. The van der Waals surface area contributed by atoms with E-state index in [1.165, 1.54) is 23.5 Å². The molecule has 21 heavy (non-hydrogen) atoms. The zero-order valence-electron chi connectivity index (χ0n) is 13.4. The molecule has 0 amide bonds. The fraction of sp³-hybridized carbons (Fsp3) is 0.714. The van der Waals surface area contributed by atoms with E-state index in [0.29, 0.717) is 4.24 Å². The van der Waals surface area contributed by atoms with Gasteiger partial charge in [0.25, 0.3) is 0 Å². The smallest absolute Gasteiger partial charge is 0.341 e. The van der Waals surface area contributed by atoms with E-state index in [0.717, 1.165) is 0 Å². The molecule has 1 saturated heterocycles. The molecule has 1 aliphatic heterocycles. The maximum Gasteiger partial charge on any atom is 0.341 e. The molecule has 1 aliphatic rings. The lowest BCUT2D eigenvalue weighted by Crippen LogP contribution is -2.39. The van der Waals surface area contributed by atoms with Gasteiger partial charge < -0.3 is 5.11 Å². The molecule has 0 aliphatic carbocycles. The van der Waals surface area contributed by atoms with Gasteiger partial charge in [0, 0.05) is 6.42 Å². The van der Waals surface area contributed by atoms with Crippen molar-refractivity contribution in [3.05, 3.63) is 9.81 Å². The Kier molecular flexibility index (Phi) is 6.77. The minimum Gasteiger partial charge on any atom is -0.478 e. The molecule has 1 N–H and O–H groups in total. The maximum absolute atomic E-state index is 12.2. The lowest BCUT2D eigenvalue weighted by Gasteiger charge is -2.28. The molecule has 0 aromatic heterocycles. The molecule has 0 spiro atoms. The molecule has 2 atom stereocenters. The van der Waals surface area contributed by atoms with Crippen LogP contribution in [0.5, 0.6) is 0 Å². The van der Waals surface area contributed by atoms with Crippen molar-refractivity contribution in [1.29, 1.82) is 0 Å². The topological polar surface area (TPSA) is 60.9 Å². The number of ketones is 1. The van der Waals surface area contributed by atoms with E-state index < -0.39 is 5.97 Å². The van der Waals surface area contributed by atoms with Crippen LogP contribution in [0, 0.1) is 5.92 Å². The monoisotopic (exact) mass is 332 g/mol. The lowest BCUT2D eigenvalue weighted by molar-refractivity contribution is -0.134. The SMILES string of the molecule is CC(C)CC(=O)C(C(=O)O)=C1SC(N(C)C)C(N(C)C)S1. The Balaban J connectivity index is 3.13. The van der Waals surface area contributed by atoms with Gasteiger partial charge in [0.15, 0.2) is 5.78 Å². The van der Waals surface area contributed by atoms with Gasteiger partial charge in [-0.2, -0.15) is 0 Å². The summed E-state index contributed by atoms with van der Waals surface area (Å²) < 4.78 is 0.630. The van der Waals surface area contributed by atoms with E-state index in [4.69, 9.17) is 0 Å². The Hall–Kier alpha value is -0.500. The molecule has 0 saturated carbocycles. The number of Topliss-reactive ketones (excluding diaryl/α,β-unsaturated/α-hetero) is 1. The second kappa shape index (κ2) is 7.67. The number of carbonyl (C=O) groups excluding carboxylic acids is 1. The van der Waals surface area contributed by atoms with Crippen molar-refractivity contribution in [2.24, 2.45) is 5.92 Å². The predicted molar refractivity (Wildman–Crippen MR) is 89.3 cm³/mol. The average Bonchev–Trinajstić information content (AvgIpc) is 2.72. The summed E-state index contributed by atoms with van der Waals surface area (Å²) >= 11 is 2.94. The third kappa shape index (κ3) is 4.74. The Morgan fingerprint density at radius 1 is 1.10 bits per heavy atom. The van der Waals surface area contributed by atoms with Crippen LogP contribution >= 0.6 is 23.5 Å². The highest BCUT2D eigenvalue weighted by Gasteiger charge is 2.39. The Morgan fingerprint density at radius 3 is 1.81 bits per heavy atom. The van der Waals surface area contributed by atoms with Crippen LogP contribution in [0.1, 0.15) is 20.3 Å². The molecule has 0 radical (unpaired) electrons. The predicted octanol–water partition coefficient (Wildman–Crippen LogP) is 2.15. The number of hydrogen-bond acceptors (Lipinski definition) is 6. The molecule has 1 heterocycles. The lowest BCUT2D eigenvalue weighted by atomic mass is 10.0. The van der Waals surface area contributed by atoms with Gasteiger partial charge in [0.2, 0.25) is 0 Å². The molecule has 0 aromatic carbocycles. The van der Waals surface area contributed by atoms with Crippen molar-refractivity contribution in [3.63, 3.8) is 0 Å². The quantitative estimate of drug-likeness (QED) is 0.454. The van der Waals surface area contributed by atoms with Crippen molar-refractivity contribution >= 4 is 35.3 Å². The minimum absolute atomic E-state index is 0.0464. The van der Waals surface area contributed by atoms with E-state index in [2.05, 4.69) is 9.80 Å². The number of aliphatic carboxylic acids is 1. The fourth-order valence-electron chi connectivity index (χ4n) is 2.00. The first-order chi connectivity index (χ1) is 9.65. The van der Waals surface area contributed by atoms with Crippen molar-refractivity contribution in [2.75, 3.05) is 28.2 Å². The summed E-state index contributed by atoms with van der Waals surface area (Å²) in [6.07, 6.45) is 0.269. The Morgan fingerprint density at radius 2 is 1.52 bits per heavy atom. The van der Waals surface area contributed by atoms with Gasteiger partial charge >= 0.3 is 5.97 Å². The van der Waals surface area contributed by atoms with Crippen LogP contribution in [0.4, 0.5) is 0 Å². The first-order valence-electron chi connectivity index (χ1n) is 6.82. The zero-order valence-corrected chi connectivity index (χ0v) is 15.0. The summed E-state index contributed by atoms with van der Waals surface area (Å²) in [7, 11) is 7.87. The van der Waals surface area contributed by atoms with Gasteiger partial charge in [-0.1, -0.05) is 37.4 Å². The molecular formula is C14H24N2O3S2. The second-order valence-corrected chi connectivity index (χ2v) is 8.45. The van der Waals surface area contributed by atoms with E-state index in [1.54, 1.807) is 0 Å². The van der Waals surface area contributed by atoms with E-state index in [1.807, 2.05) is 42.0 Å². The van der Waals surface area contributed by atoms with Crippen LogP contribution in [0.15, 0.2) is 9.81 Å². The molecule has 120 valence electrons. The standard InChI is InChI=1S/C14H24N2O3S2/c1-8(2)7-9(17)10(13(18)19)14-20-11(15(3)4)12(21-14)16(5)6/h8,11-12H,7H2,1-6H3,(H,18,19). The van der Waals surface area contributed by atoms with Gasteiger partial charge in [-0.05, 0) is 34.1 Å². The second-order valence-electron chi connectivity index (χ2n) is 5.93. The number of likely N-dealkylation sites (N-methyl/N-ethyl adjacent to an activating group) is 2. The zero-order chi connectivity index (χ0) is 16.3. The van der Waals surface area contributed by atoms with Gasteiger partial charge in [0.05, 0.1) is 15.0 Å².